The summed E-state index contributed by atoms with van der Waals surface area (Å²) in [5, 5.41) is 24.2. The Morgan fingerprint density at radius 3 is 2.35 bits per heavy atom. The standard InChI is InChI=1S/C15H26Br2N5O12P3/c1-3-21(4-2)12-9-13(19-6-18-12)22(7-20-9)14-11(24)10(23)8(33-14)5-32-37(30,31)34-36(28,29)15(16,17)35(25,26)27/h6,8,10-11,14,20,23-24H,3-5,7H2,1-2H3,(H,28,29)(H,30,31)(H2,25,26,27)/t8-,10?,11?,14-/m1/s1. The van der Waals surface area contributed by atoms with E-state index >= 15 is 0 Å². The van der Waals surface area contributed by atoms with Crippen molar-refractivity contribution in [2.75, 3.05) is 41.5 Å². The van der Waals surface area contributed by atoms with Gasteiger partial charge in [0.1, 0.15) is 30.3 Å². The molecule has 1 fully saturated rings. The summed E-state index contributed by atoms with van der Waals surface area (Å²) in [5.74, 6) is 1.01. The maximum atomic E-state index is 12.3. The van der Waals surface area contributed by atoms with Gasteiger partial charge in [-0.05, 0) is 45.7 Å². The number of fused-ring (bicyclic) bond motifs is 1. The van der Waals surface area contributed by atoms with E-state index in [1.54, 1.807) is 0 Å². The van der Waals surface area contributed by atoms with Crippen molar-refractivity contribution in [2.45, 2.75) is 41.1 Å². The molecule has 3 rings (SSSR count). The Balaban J connectivity index is 1.71. The Labute approximate surface area is 227 Å². The van der Waals surface area contributed by atoms with Gasteiger partial charge in [-0.2, -0.15) is 0 Å². The van der Waals surface area contributed by atoms with E-state index in [0.717, 1.165) is 0 Å². The molecule has 1 saturated heterocycles. The second kappa shape index (κ2) is 11.3. The van der Waals surface area contributed by atoms with E-state index in [1.165, 1.54) is 11.2 Å². The van der Waals surface area contributed by atoms with Crippen molar-refractivity contribution >= 4 is 72.2 Å². The van der Waals surface area contributed by atoms with Gasteiger partial charge in [-0.15, -0.1) is 0 Å². The molecule has 4 unspecified atom stereocenters. The number of hydrogen-bond acceptors (Lipinski definition) is 13. The van der Waals surface area contributed by atoms with Crippen LogP contribution in [0.4, 0.5) is 17.3 Å². The quantitative estimate of drug-likeness (QED) is 0.124. The van der Waals surface area contributed by atoms with Gasteiger partial charge in [0.2, 0.25) is 0 Å². The number of anilines is 3. The number of phosphoric acid groups is 1. The normalized spacial score (nSPS) is 27.4. The van der Waals surface area contributed by atoms with E-state index in [1.807, 2.05) is 18.7 Å². The lowest BCUT2D eigenvalue weighted by Crippen LogP contribution is -2.44. The van der Waals surface area contributed by atoms with Gasteiger partial charge in [-0.25, -0.2) is 18.8 Å². The Hall–Kier alpha value is -0.230. The molecule has 2 aliphatic rings. The van der Waals surface area contributed by atoms with Crippen molar-refractivity contribution < 1.29 is 57.1 Å². The molecule has 2 aliphatic heterocycles. The smallest absolute Gasteiger partial charge is 0.387 e. The fraction of sp³-hybridized carbons (Fsp3) is 0.733. The fourth-order valence-corrected chi connectivity index (χ4v) is 8.47. The van der Waals surface area contributed by atoms with Crippen molar-refractivity contribution in [2.24, 2.45) is 0 Å². The topological polar surface area (TPSA) is 245 Å². The van der Waals surface area contributed by atoms with Gasteiger partial charge in [0, 0.05) is 13.1 Å². The maximum Gasteiger partial charge on any atom is 0.479 e. The highest BCUT2D eigenvalue weighted by Crippen LogP contribution is 2.81. The number of nitrogens with zero attached hydrogens (tertiary/aromatic N) is 4. The zero-order chi connectivity index (χ0) is 28.0. The van der Waals surface area contributed by atoms with Gasteiger partial charge in [0.05, 0.1) is 13.3 Å². The van der Waals surface area contributed by atoms with E-state index in [-0.39, 0.29) is 6.67 Å². The van der Waals surface area contributed by atoms with Gasteiger partial charge < -0.3 is 49.6 Å². The van der Waals surface area contributed by atoms with Gasteiger partial charge in [0.15, 0.2) is 17.9 Å². The third-order valence-electron chi connectivity index (χ3n) is 5.52. The lowest BCUT2D eigenvalue weighted by molar-refractivity contribution is -0.0212. The summed E-state index contributed by atoms with van der Waals surface area (Å²) in [7, 11) is -16.4. The summed E-state index contributed by atoms with van der Waals surface area (Å²) in [6, 6.07) is 0. The van der Waals surface area contributed by atoms with Crippen LogP contribution in [0.5, 0.6) is 0 Å². The molecule has 0 spiro atoms. The van der Waals surface area contributed by atoms with Gasteiger partial charge in [-0.3, -0.25) is 13.7 Å². The molecule has 3 heterocycles. The summed E-state index contributed by atoms with van der Waals surface area (Å²) in [6.07, 6.45) is -4.39. The predicted octanol–water partition coefficient (Wildman–Crippen LogP) is 0.857. The van der Waals surface area contributed by atoms with E-state index in [9.17, 15) is 43.5 Å². The van der Waals surface area contributed by atoms with Crippen LogP contribution in [-0.4, -0.2) is 93.4 Å². The second-order valence-electron chi connectivity index (χ2n) is 7.84. The van der Waals surface area contributed by atoms with Crippen molar-refractivity contribution in [1.29, 1.82) is 0 Å². The SMILES string of the molecule is CCN(CC)c1ncnc2c1NCN2[C@@H]1O[C@H](COP(=O)(O)OP(=O)(O)C(Br)(Br)P(=O)(O)O)C(O)C1O. The molecule has 6 atom stereocenters. The zero-order valence-corrected chi connectivity index (χ0v) is 25.1. The maximum absolute atomic E-state index is 12.3. The van der Waals surface area contributed by atoms with Gasteiger partial charge in [0.25, 0.3) is 2.72 Å². The molecule has 0 aliphatic carbocycles. The Kier molecular flexibility index (Phi) is 9.59. The molecule has 0 amide bonds. The first-order valence-electron chi connectivity index (χ1n) is 10.5. The molecule has 7 N–H and O–H groups in total. The summed E-state index contributed by atoms with van der Waals surface area (Å²) >= 11 is 4.60. The highest BCUT2D eigenvalue weighted by atomic mass is 79.9. The molecular weight excluding hydrogens is 695 g/mol. The van der Waals surface area contributed by atoms with Crippen molar-refractivity contribution in [3.05, 3.63) is 6.33 Å². The number of aliphatic hydroxyl groups excluding tert-OH is 2. The van der Waals surface area contributed by atoms with Crippen LogP contribution in [0, 0.1) is 0 Å². The molecule has 0 aromatic carbocycles. The average molecular weight is 721 g/mol. The lowest BCUT2D eigenvalue weighted by Gasteiger charge is -2.28. The van der Waals surface area contributed by atoms with Crippen molar-refractivity contribution in [1.82, 2.24) is 9.97 Å². The number of halogens is 2. The predicted molar refractivity (Wildman–Crippen MR) is 137 cm³/mol. The first kappa shape index (κ1) is 31.3. The van der Waals surface area contributed by atoms with Crippen molar-refractivity contribution in [3.8, 4) is 0 Å². The molecule has 17 nitrogen and oxygen atoms in total. The third kappa shape index (κ3) is 6.25. The van der Waals surface area contributed by atoms with Crippen LogP contribution >= 0.6 is 54.9 Å². The largest absolute Gasteiger partial charge is 0.479 e. The van der Waals surface area contributed by atoms with Crippen LogP contribution in [0.1, 0.15) is 13.8 Å². The fourth-order valence-electron chi connectivity index (χ4n) is 3.62. The Morgan fingerprint density at radius 2 is 1.78 bits per heavy atom. The highest BCUT2D eigenvalue weighted by molar-refractivity contribution is 9.29. The van der Waals surface area contributed by atoms with Crippen LogP contribution in [0.15, 0.2) is 6.33 Å². The molecule has 1 aromatic rings. The molecule has 1 aromatic heterocycles. The number of phosphoric ester groups is 1. The zero-order valence-electron chi connectivity index (χ0n) is 19.2. The molecule has 37 heavy (non-hydrogen) atoms. The monoisotopic (exact) mass is 719 g/mol. The number of alkyl halides is 2. The number of ether oxygens (including phenoxy) is 1. The molecule has 0 bridgehead atoms. The Morgan fingerprint density at radius 1 is 1.16 bits per heavy atom. The average Bonchev–Trinajstić information content (AvgIpc) is 3.33. The second-order valence-corrected chi connectivity index (χ2v) is 19.4. The first-order chi connectivity index (χ1) is 17.0. The summed E-state index contributed by atoms with van der Waals surface area (Å²) in [4.78, 5) is 50.2. The minimum atomic E-state index is -5.57. The van der Waals surface area contributed by atoms with Crippen LogP contribution in [0.2, 0.25) is 0 Å². The van der Waals surface area contributed by atoms with E-state index in [2.05, 4.69) is 56.0 Å². The minimum absolute atomic E-state index is 0.126. The van der Waals surface area contributed by atoms with E-state index < -0.39 is 56.9 Å². The molecule has 0 saturated carbocycles. The van der Waals surface area contributed by atoms with Crippen LogP contribution < -0.4 is 15.1 Å². The minimum Gasteiger partial charge on any atom is -0.387 e. The van der Waals surface area contributed by atoms with Crippen LogP contribution in [0.25, 0.3) is 0 Å². The molecule has 22 heteroatoms. The van der Waals surface area contributed by atoms with Crippen LogP contribution in [0.3, 0.4) is 0 Å². The highest BCUT2D eigenvalue weighted by Gasteiger charge is 2.61. The van der Waals surface area contributed by atoms with E-state index in [0.29, 0.717) is 30.4 Å². The van der Waals surface area contributed by atoms with Crippen LogP contribution in [-0.2, 0) is 27.3 Å². The lowest BCUT2D eigenvalue weighted by atomic mass is 10.1. The Bertz CT molecular complexity index is 1140. The third-order valence-corrected chi connectivity index (χ3v) is 16.1. The summed E-state index contributed by atoms with van der Waals surface area (Å²) < 4.78 is 47.3. The molecular formula is C15H26Br2N5O12P3. The number of nitrogens with one attached hydrogen (secondary N) is 1. The number of aromatic nitrogens is 2. The number of hydrogen-bond donors (Lipinski definition) is 7. The van der Waals surface area contributed by atoms with E-state index in [4.69, 9.17) is 4.74 Å². The number of aliphatic hydroxyl groups is 2. The molecule has 0 radical (unpaired) electrons. The first-order valence-corrected chi connectivity index (χ1v) is 16.8. The van der Waals surface area contributed by atoms with Crippen molar-refractivity contribution in [3.63, 3.8) is 0 Å². The number of rotatable bonds is 11. The summed E-state index contributed by atoms with van der Waals surface area (Å²) in [5.41, 5.74) is 0.584. The van der Waals surface area contributed by atoms with Gasteiger partial charge >= 0.3 is 23.0 Å². The molecule has 212 valence electrons. The summed E-state index contributed by atoms with van der Waals surface area (Å²) in [6.45, 7) is 4.48. The van der Waals surface area contributed by atoms with Gasteiger partial charge in [-0.1, -0.05) is 0 Å².